The van der Waals surface area contributed by atoms with E-state index in [1.54, 1.807) is 0 Å². The summed E-state index contributed by atoms with van der Waals surface area (Å²) in [5.41, 5.74) is -1.81. The summed E-state index contributed by atoms with van der Waals surface area (Å²) in [6.45, 7) is 0. The second-order valence-corrected chi connectivity index (χ2v) is 17.3. The Balaban J connectivity index is 1.95. The zero-order chi connectivity index (χ0) is 25.0. The number of hydrogen-bond donors (Lipinski definition) is 0. The van der Waals surface area contributed by atoms with Gasteiger partial charge in [-0.15, -0.1) is 0 Å². The van der Waals surface area contributed by atoms with Crippen molar-refractivity contribution in [3.63, 3.8) is 0 Å². The van der Waals surface area contributed by atoms with Gasteiger partial charge in [0.2, 0.25) is 0 Å². The first-order valence-electron chi connectivity index (χ1n) is 10.4. The molecule has 0 spiro atoms. The zero-order valence-electron chi connectivity index (χ0n) is 18.0. The van der Waals surface area contributed by atoms with Crippen molar-refractivity contribution < 1.29 is 17.7 Å². The maximum absolute atomic E-state index is 13.6. The van der Waals surface area contributed by atoms with E-state index >= 15 is 0 Å². The Morgan fingerprint density at radius 2 is 1.03 bits per heavy atom. The molecule has 0 aliphatic carbocycles. The van der Waals surface area contributed by atoms with E-state index in [0.717, 1.165) is 22.9 Å². The standard InChI is InChI=1S/C7H3ClN2O6.3C6H5.Sn/c8-6-4(9(13)14)1-3(7(11)12)2-5(6)10(15)16;3*1-2-4-6-5-3-1;/h1-2H,(H,11,12);3*1-5H;/q;;;;+1/p-1. The van der Waals surface area contributed by atoms with Gasteiger partial charge in [0, 0.05) is 0 Å². The quantitative estimate of drug-likeness (QED) is 0.182. The summed E-state index contributed by atoms with van der Waals surface area (Å²) in [5, 5.41) is 22.3. The van der Waals surface area contributed by atoms with Crippen LogP contribution in [0.5, 0.6) is 0 Å². The fraction of sp³-hybridized carbons (Fsp3) is 0. The second-order valence-electron chi connectivity index (χ2n) is 7.51. The summed E-state index contributed by atoms with van der Waals surface area (Å²) in [4.78, 5) is 34.8. The molecule has 174 valence electrons. The van der Waals surface area contributed by atoms with Crippen LogP contribution in [-0.2, 0) is 3.07 Å². The fourth-order valence-corrected chi connectivity index (χ4v) is 14.8. The van der Waals surface area contributed by atoms with E-state index in [1.807, 2.05) is 91.0 Å². The van der Waals surface area contributed by atoms with Gasteiger partial charge in [-0.25, -0.2) is 0 Å². The third kappa shape index (κ3) is 4.75. The molecule has 8 nitrogen and oxygen atoms in total. The minimum atomic E-state index is -4.54. The molecule has 10 heteroatoms. The average molecular weight is 596 g/mol. The number of nitrogens with zero attached hydrogens (tertiary/aromatic N) is 2. The molecule has 0 aliphatic rings. The van der Waals surface area contributed by atoms with Crippen molar-refractivity contribution in [1.29, 1.82) is 0 Å². The Kier molecular flexibility index (Phi) is 7.13. The van der Waals surface area contributed by atoms with Crippen LogP contribution in [0.4, 0.5) is 11.4 Å². The first-order valence-corrected chi connectivity index (χ1v) is 16.2. The summed E-state index contributed by atoms with van der Waals surface area (Å²) in [6.07, 6.45) is 0. The Labute approximate surface area is 209 Å². The number of benzene rings is 4. The molecule has 4 aromatic carbocycles. The van der Waals surface area contributed by atoms with Gasteiger partial charge in [0.25, 0.3) is 0 Å². The topological polar surface area (TPSA) is 113 Å². The van der Waals surface area contributed by atoms with Crippen molar-refractivity contribution in [3.05, 3.63) is 134 Å². The van der Waals surface area contributed by atoms with Crippen LogP contribution in [0.3, 0.4) is 0 Å². The van der Waals surface area contributed by atoms with Crippen LogP contribution in [0.1, 0.15) is 10.4 Å². The van der Waals surface area contributed by atoms with Gasteiger partial charge in [0.1, 0.15) is 0 Å². The van der Waals surface area contributed by atoms with Crippen LogP contribution in [0.2, 0.25) is 5.02 Å². The molecule has 0 atom stereocenters. The number of nitro benzene ring substituents is 2. The number of nitro groups is 2. The van der Waals surface area contributed by atoms with Gasteiger partial charge in [-0.3, -0.25) is 0 Å². The Hall–Kier alpha value is -3.76. The third-order valence-electron chi connectivity index (χ3n) is 5.45. The molecule has 0 radical (unpaired) electrons. The molecule has 0 heterocycles. The van der Waals surface area contributed by atoms with Crippen LogP contribution in [0, 0.1) is 20.2 Å². The van der Waals surface area contributed by atoms with Crippen molar-refractivity contribution >= 4 is 58.5 Å². The Bertz CT molecular complexity index is 1270. The minimum absolute atomic E-state index is 0.323. The predicted molar refractivity (Wildman–Crippen MR) is 134 cm³/mol. The van der Waals surface area contributed by atoms with E-state index in [2.05, 4.69) is 0 Å². The van der Waals surface area contributed by atoms with E-state index in [-0.39, 0.29) is 5.56 Å². The molecule has 4 rings (SSSR count). The third-order valence-corrected chi connectivity index (χ3v) is 17.1. The van der Waals surface area contributed by atoms with Gasteiger partial charge in [-0.2, -0.15) is 0 Å². The van der Waals surface area contributed by atoms with Gasteiger partial charge in [-0.05, 0) is 0 Å². The van der Waals surface area contributed by atoms with Crippen LogP contribution >= 0.6 is 11.6 Å². The number of carbonyl (C=O) groups excluding carboxylic acids is 1. The molecule has 0 N–H and O–H groups in total. The van der Waals surface area contributed by atoms with Gasteiger partial charge in [0.15, 0.2) is 0 Å². The van der Waals surface area contributed by atoms with E-state index < -0.39 is 51.0 Å². The van der Waals surface area contributed by atoms with Gasteiger partial charge in [0.05, 0.1) is 0 Å². The molecule has 0 saturated carbocycles. The summed E-state index contributed by atoms with van der Waals surface area (Å²) >= 11 is 1.33. The van der Waals surface area contributed by atoms with Crippen LogP contribution < -0.4 is 10.7 Å². The van der Waals surface area contributed by atoms with Crippen molar-refractivity contribution in [2.45, 2.75) is 0 Å². The SMILES string of the molecule is O=C([O][Sn]([c]1ccccc1)([c]1ccccc1)[c]1ccccc1)c1cc([N+](=O)[O-])c(Cl)c([N+](=O)[O-])c1. The normalized spacial score (nSPS) is 11.0. The molecule has 0 saturated heterocycles. The van der Waals surface area contributed by atoms with Crippen molar-refractivity contribution in [2.24, 2.45) is 0 Å². The van der Waals surface area contributed by atoms with E-state index in [0.29, 0.717) is 0 Å². The molecular weight excluding hydrogens is 578 g/mol. The molecule has 35 heavy (non-hydrogen) atoms. The van der Waals surface area contributed by atoms with Crippen LogP contribution in [-0.4, -0.2) is 34.6 Å². The van der Waals surface area contributed by atoms with Crippen molar-refractivity contribution in [3.8, 4) is 0 Å². The zero-order valence-corrected chi connectivity index (χ0v) is 21.6. The molecule has 0 unspecified atom stereocenters. The van der Waals surface area contributed by atoms with E-state index in [4.69, 9.17) is 14.7 Å². The van der Waals surface area contributed by atoms with E-state index in [9.17, 15) is 25.0 Å². The molecule has 0 fully saturated rings. The first kappa shape index (κ1) is 24.4. The summed E-state index contributed by atoms with van der Waals surface area (Å²) in [7, 11) is 0. The maximum atomic E-state index is 13.6. The van der Waals surface area contributed by atoms with E-state index in [1.165, 1.54) is 0 Å². The number of carbonyl (C=O) groups is 1. The Morgan fingerprint density at radius 1 is 0.686 bits per heavy atom. The average Bonchev–Trinajstić information content (AvgIpc) is 2.88. The number of hydrogen-bond acceptors (Lipinski definition) is 6. The Morgan fingerprint density at radius 3 is 1.34 bits per heavy atom. The van der Waals surface area contributed by atoms with Crippen molar-refractivity contribution in [1.82, 2.24) is 0 Å². The summed E-state index contributed by atoms with van der Waals surface area (Å²) < 4.78 is 8.85. The fourth-order valence-electron chi connectivity index (χ4n) is 3.87. The first-order chi connectivity index (χ1) is 16.8. The number of rotatable bonds is 7. The molecule has 0 aromatic heterocycles. The molecule has 0 bridgehead atoms. The predicted octanol–water partition coefficient (Wildman–Crippen LogP) is 3.98. The molecular formula is C25H17ClN2O6Sn. The summed E-state index contributed by atoms with van der Waals surface area (Å²) in [6, 6.07) is 29.8. The van der Waals surface area contributed by atoms with Gasteiger partial charge >= 0.3 is 210 Å². The molecule has 0 aliphatic heterocycles. The second kappa shape index (κ2) is 10.2. The van der Waals surface area contributed by atoms with Crippen LogP contribution in [0.25, 0.3) is 0 Å². The molecule has 4 aromatic rings. The van der Waals surface area contributed by atoms with Crippen LogP contribution in [0.15, 0.2) is 103 Å². The van der Waals surface area contributed by atoms with Gasteiger partial charge < -0.3 is 0 Å². The number of halogens is 1. The summed E-state index contributed by atoms with van der Waals surface area (Å²) in [5.74, 6) is -0.903. The monoisotopic (exact) mass is 596 g/mol. The van der Waals surface area contributed by atoms with Crippen molar-refractivity contribution in [2.75, 3.05) is 0 Å². The molecule has 0 amide bonds. The van der Waals surface area contributed by atoms with Gasteiger partial charge in [-0.1, -0.05) is 0 Å².